The monoisotopic (exact) mass is 277 g/mol. The minimum atomic E-state index is -0.471. The van der Waals surface area contributed by atoms with E-state index in [2.05, 4.69) is 5.32 Å². The fourth-order valence-electron chi connectivity index (χ4n) is 2.37. The van der Waals surface area contributed by atoms with Gasteiger partial charge in [-0.3, -0.25) is 24.6 Å². The standard InChI is InChI=1S/C14H19N3O3/c1-8-5-11(9(2)16(8)4)12(18)6-17-7-13(19)15-14(20)10(17)3/h5,10H,6-7H2,1-4H3,(H,15,19,20). The number of piperazine rings is 1. The molecule has 1 atom stereocenters. The molecule has 1 N–H and O–H groups in total. The highest BCUT2D eigenvalue weighted by atomic mass is 16.2. The van der Waals surface area contributed by atoms with Crippen LogP contribution in [0.5, 0.6) is 0 Å². The van der Waals surface area contributed by atoms with E-state index < -0.39 is 6.04 Å². The lowest BCUT2D eigenvalue weighted by molar-refractivity contribution is -0.139. The number of carbonyl (C=O) groups is 3. The number of ketones is 1. The van der Waals surface area contributed by atoms with Gasteiger partial charge in [0.05, 0.1) is 19.1 Å². The van der Waals surface area contributed by atoms with Crippen LogP contribution in [0.2, 0.25) is 0 Å². The molecule has 0 radical (unpaired) electrons. The van der Waals surface area contributed by atoms with Crippen molar-refractivity contribution in [3.63, 3.8) is 0 Å². The number of hydrogen-bond donors (Lipinski definition) is 1. The highest BCUT2D eigenvalue weighted by molar-refractivity contribution is 6.03. The summed E-state index contributed by atoms with van der Waals surface area (Å²) in [4.78, 5) is 36.9. The molecule has 108 valence electrons. The number of hydrogen-bond acceptors (Lipinski definition) is 4. The molecule has 20 heavy (non-hydrogen) atoms. The van der Waals surface area contributed by atoms with Crippen molar-refractivity contribution in [1.29, 1.82) is 0 Å². The molecule has 1 saturated heterocycles. The maximum Gasteiger partial charge on any atom is 0.243 e. The fourth-order valence-corrected chi connectivity index (χ4v) is 2.37. The third-order valence-electron chi connectivity index (χ3n) is 3.96. The van der Waals surface area contributed by atoms with Gasteiger partial charge in [-0.1, -0.05) is 0 Å². The Morgan fingerprint density at radius 2 is 2.05 bits per heavy atom. The summed E-state index contributed by atoms with van der Waals surface area (Å²) in [6, 6.07) is 1.37. The van der Waals surface area contributed by atoms with E-state index in [0.717, 1.165) is 11.4 Å². The van der Waals surface area contributed by atoms with Crippen LogP contribution in [0.3, 0.4) is 0 Å². The molecule has 0 bridgehead atoms. The van der Waals surface area contributed by atoms with E-state index in [-0.39, 0.29) is 30.7 Å². The summed E-state index contributed by atoms with van der Waals surface area (Å²) in [7, 11) is 1.90. The van der Waals surface area contributed by atoms with Crippen LogP contribution in [0.4, 0.5) is 0 Å². The summed E-state index contributed by atoms with van der Waals surface area (Å²) < 4.78 is 1.95. The molecule has 1 unspecified atom stereocenters. The summed E-state index contributed by atoms with van der Waals surface area (Å²) in [6.45, 7) is 5.66. The molecular formula is C14H19N3O3. The predicted octanol–water partition coefficient (Wildman–Crippen LogP) is 0.172. The SMILES string of the molecule is Cc1cc(C(=O)CN2CC(=O)NC(=O)C2C)c(C)n1C. The van der Waals surface area contributed by atoms with Crippen molar-refractivity contribution in [1.82, 2.24) is 14.8 Å². The van der Waals surface area contributed by atoms with Crippen LogP contribution in [0.15, 0.2) is 6.07 Å². The lowest BCUT2D eigenvalue weighted by Gasteiger charge is -2.30. The number of imide groups is 1. The molecule has 6 nitrogen and oxygen atoms in total. The molecule has 1 fully saturated rings. The Kier molecular flexibility index (Phi) is 3.76. The fraction of sp³-hybridized carbons (Fsp3) is 0.500. The molecule has 2 amide bonds. The second-order valence-corrected chi connectivity index (χ2v) is 5.26. The summed E-state index contributed by atoms with van der Waals surface area (Å²) in [6.07, 6.45) is 0. The first-order valence-electron chi connectivity index (χ1n) is 6.55. The van der Waals surface area contributed by atoms with Crippen molar-refractivity contribution >= 4 is 17.6 Å². The predicted molar refractivity (Wildman–Crippen MR) is 73.4 cm³/mol. The van der Waals surface area contributed by atoms with Gasteiger partial charge < -0.3 is 4.57 Å². The van der Waals surface area contributed by atoms with Crippen molar-refractivity contribution in [2.45, 2.75) is 26.8 Å². The molecule has 2 heterocycles. The summed E-state index contributed by atoms with van der Waals surface area (Å²) >= 11 is 0. The number of aryl methyl sites for hydroxylation is 1. The Labute approximate surface area is 117 Å². The molecule has 1 aliphatic rings. The molecule has 0 saturated carbocycles. The molecule has 1 aromatic rings. The van der Waals surface area contributed by atoms with Crippen LogP contribution in [0.1, 0.15) is 28.7 Å². The largest absolute Gasteiger partial charge is 0.351 e. The molecular weight excluding hydrogens is 258 g/mol. The van der Waals surface area contributed by atoms with Crippen LogP contribution in [-0.2, 0) is 16.6 Å². The first-order valence-corrected chi connectivity index (χ1v) is 6.55. The average molecular weight is 277 g/mol. The van der Waals surface area contributed by atoms with Gasteiger partial charge in [0.15, 0.2) is 5.78 Å². The lowest BCUT2D eigenvalue weighted by atomic mass is 10.1. The van der Waals surface area contributed by atoms with E-state index in [4.69, 9.17) is 0 Å². The van der Waals surface area contributed by atoms with E-state index in [1.807, 2.05) is 31.5 Å². The zero-order valence-electron chi connectivity index (χ0n) is 12.2. The van der Waals surface area contributed by atoms with Gasteiger partial charge in [0.1, 0.15) is 0 Å². The molecule has 0 spiro atoms. The van der Waals surface area contributed by atoms with E-state index in [1.165, 1.54) is 0 Å². The number of Topliss-reactive ketones (excluding diaryl/α,β-unsaturated/α-hetero) is 1. The number of nitrogens with one attached hydrogen (secondary N) is 1. The summed E-state index contributed by atoms with van der Waals surface area (Å²) in [5, 5.41) is 2.26. The Hall–Kier alpha value is -1.95. The zero-order chi connectivity index (χ0) is 15.0. The molecule has 0 aliphatic carbocycles. The first kappa shape index (κ1) is 14.5. The maximum atomic E-state index is 12.4. The van der Waals surface area contributed by atoms with E-state index >= 15 is 0 Å². The second-order valence-electron chi connectivity index (χ2n) is 5.26. The van der Waals surface area contributed by atoms with Crippen LogP contribution < -0.4 is 5.32 Å². The Bertz CT molecular complexity index is 589. The van der Waals surface area contributed by atoms with Crippen LogP contribution in [0.25, 0.3) is 0 Å². The Morgan fingerprint density at radius 3 is 2.60 bits per heavy atom. The summed E-state index contributed by atoms with van der Waals surface area (Å²) in [5.41, 5.74) is 2.55. The number of aromatic nitrogens is 1. The minimum absolute atomic E-state index is 0.0689. The van der Waals surface area contributed by atoms with Gasteiger partial charge in [-0.25, -0.2) is 0 Å². The van der Waals surface area contributed by atoms with Gasteiger partial charge in [-0.2, -0.15) is 0 Å². The van der Waals surface area contributed by atoms with Gasteiger partial charge in [-0.05, 0) is 26.8 Å². The highest BCUT2D eigenvalue weighted by Gasteiger charge is 2.31. The van der Waals surface area contributed by atoms with Gasteiger partial charge in [0, 0.05) is 24.0 Å². The van der Waals surface area contributed by atoms with Crippen molar-refractivity contribution in [3.05, 3.63) is 23.0 Å². The topological polar surface area (TPSA) is 71.4 Å². The molecule has 2 rings (SSSR count). The zero-order valence-corrected chi connectivity index (χ0v) is 12.2. The summed E-state index contributed by atoms with van der Waals surface area (Å²) in [5.74, 6) is -0.780. The third kappa shape index (κ3) is 2.51. The van der Waals surface area contributed by atoms with E-state index in [1.54, 1.807) is 11.8 Å². The molecule has 0 aromatic carbocycles. The van der Waals surface area contributed by atoms with Crippen molar-refractivity contribution in [2.24, 2.45) is 7.05 Å². The van der Waals surface area contributed by atoms with Crippen molar-refractivity contribution in [3.8, 4) is 0 Å². The molecule has 1 aliphatic heterocycles. The lowest BCUT2D eigenvalue weighted by Crippen LogP contribution is -2.57. The van der Waals surface area contributed by atoms with Crippen LogP contribution in [0, 0.1) is 13.8 Å². The van der Waals surface area contributed by atoms with Gasteiger partial charge in [0.25, 0.3) is 0 Å². The Morgan fingerprint density at radius 1 is 1.40 bits per heavy atom. The van der Waals surface area contributed by atoms with Gasteiger partial charge >= 0.3 is 0 Å². The highest BCUT2D eigenvalue weighted by Crippen LogP contribution is 2.15. The van der Waals surface area contributed by atoms with Gasteiger partial charge in [0.2, 0.25) is 11.8 Å². The smallest absolute Gasteiger partial charge is 0.243 e. The average Bonchev–Trinajstić information content (AvgIpc) is 2.63. The number of rotatable bonds is 3. The maximum absolute atomic E-state index is 12.4. The number of nitrogens with zero attached hydrogens (tertiary/aromatic N) is 2. The second kappa shape index (κ2) is 5.20. The molecule has 1 aromatic heterocycles. The van der Waals surface area contributed by atoms with E-state index in [9.17, 15) is 14.4 Å². The van der Waals surface area contributed by atoms with Crippen LogP contribution >= 0.6 is 0 Å². The van der Waals surface area contributed by atoms with Crippen molar-refractivity contribution < 1.29 is 14.4 Å². The number of carbonyl (C=O) groups excluding carboxylic acids is 3. The van der Waals surface area contributed by atoms with Crippen molar-refractivity contribution in [2.75, 3.05) is 13.1 Å². The minimum Gasteiger partial charge on any atom is -0.351 e. The number of amides is 2. The first-order chi connectivity index (χ1) is 9.31. The van der Waals surface area contributed by atoms with Crippen LogP contribution in [-0.4, -0.2) is 46.2 Å². The molecule has 6 heteroatoms. The van der Waals surface area contributed by atoms with E-state index in [0.29, 0.717) is 5.56 Å². The Balaban J connectivity index is 2.16. The van der Waals surface area contributed by atoms with Gasteiger partial charge in [-0.15, -0.1) is 0 Å². The normalized spacial score (nSPS) is 20.1. The third-order valence-corrected chi connectivity index (χ3v) is 3.96. The quantitative estimate of drug-likeness (QED) is 0.631.